The average molecular weight is 369 g/mol. The largest absolute Gasteiger partial charge is 0.385 e. The van der Waals surface area contributed by atoms with Gasteiger partial charge in [0.2, 0.25) is 5.95 Å². The van der Waals surface area contributed by atoms with Gasteiger partial charge in [0, 0.05) is 50.9 Å². The summed E-state index contributed by atoms with van der Waals surface area (Å²) in [6.07, 6.45) is 6.19. The third kappa shape index (κ3) is 5.65. The van der Waals surface area contributed by atoms with Gasteiger partial charge in [-0.05, 0) is 56.0 Å². The van der Waals surface area contributed by atoms with Crippen molar-refractivity contribution in [2.75, 3.05) is 43.6 Å². The highest BCUT2D eigenvalue weighted by molar-refractivity contribution is 5.92. The van der Waals surface area contributed by atoms with E-state index in [1.807, 2.05) is 12.1 Å². The van der Waals surface area contributed by atoms with Crippen LogP contribution in [0.1, 0.15) is 36.2 Å². The molecule has 1 aromatic carbocycles. The molecule has 1 saturated heterocycles. The van der Waals surface area contributed by atoms with Crippen molar-refractivity contribution in [1.29, 1.82) is 0 Å². The van der Waals surface area contributed by atoms with Gasteiger partial charge in [-0.15, -0.1) is 0 Å². The number of piperidine rings is 1. The minimum Gasteiger partial charge on any atom is -0.385 e. The third-order valence-electron chi connectivity index (χ3n) is 4.54. The van der Waals surface area contributed by atoms with Gasteiger partial charge < -0.3 is 20.3 Å². The second-order valence-corrected chi connectivity index (χ2v) is 6.59. The molecule has 2 heterocycles. The Bertz CT molecular complexity index is 729. The van der Waals surface area contributed by atoms with Crippen molar-refractivity contribution in [2.45, 2.75) is 25.7 Å². The lowest BCUT2D eigenvalue weighted by molar-refractivity contribution is 0.0943. The van der Waals surface area contributed by atoms with Crippen molar-refractivity contribution >= 4 is 23.2 Å². The summed E-state index contributed by atoms with van der Waals surface area (Å²) in [5, 5.41) is 5.99. The fourth-order valence-corrected chi connectivity index (χ4v) is 3.09. The molecule has 7 nitrogen and oxygen atoms in total. The Kier molecular flexibility index (Phi) is 6.98. The van der Waals surface area contributed by atoms with Crippen LogP contribution >= 0.6 is 0 Å². The van der Waals surface area contributed by atoms with Gasteiger partial charge in [0.15, 0.2) is 0 Å². The van der Waals surface area contributed by atoms with E-state index in [2.05, 4.69) is 37.6 Å². The number of anilines is 3. The molecule has 0 saturated carbocycles. The monoisotopic (exact) mass is 369 g/mol. The Balaban J connectivity index is 1.58. The lowest BCUT2D eigenvalue weighted by Gasteiger charge is -2.28. The van der Waals surface area contributed by atoms with E-state index in [0.717, 1.165) is 25.2 Å². The number of carbonyl (C=O) groups is 1. The number of aromatic nitrogens is 2. The van der Waals surface area contributed by atoms with E-state index in [1.165, 1.54) is 24.9 Å². The maximum Gasteiger partial charge on any atom is 0.270 e. The molecule has 1 amide bonds. The first-order valence-corrected chi connectivity index (χ1v) is 9.48. The molecule has 0 radical (unpaired) electrons. The number of hydrogen-bond acceptors (Lipinski definition) is 6. The molecule has 0 atom stereocenters. The molecular weight excluding hydrogens is 342 g/mol. The van der Waals surface area contributed by atoms with Gasteiger partial charge >= 0.3 is 0 Å². The molecule has 0 spiro atoms. The molecule has 144 valence electrons. The highest BCUT2D eigenvalue weighted by atomic mass is 16.5. The summed E-state index contributed by atoms with van der Waals surface area (Å²) in [5.41, 5.74) is 2.48. The van der Waals surface area contributed by atoms with E-state index < -0.39 is 0 Å². The van der Waals surface area contributed by atoms with Crippen molar-refractivity contribution in [2.24, 2.45) is 0 Å². The number of benzene rings is 1. The van der Waals surface area contributed by atoms with Crippen LogP contribution in [0.2, 0.25) is 0 Å². The summed E-state index contributed by atoms with van der Waals surface area (Å²) in [5.74, 6) is 0.197. The lowest BCUT2D eigenvalue weighted by Crippen LogP contribution is -2.29. The molecule has 0 aliphatic carbocycles. The summed E-state index contributed by atoms with van der Waals surface area (Å²) in [6, 6.07) is 9.87. The quantitative estimate of drug-likeness (QED) is 0.697. The summed E-state index contributed by atoms with van der Waals surface area (Å²) >= 11 is 0. The number of hydrogen-bond donors (Lipinski definition) is 2. The van der Waals surface area contributed by atoms with Crippen LogP contribution in [-0.4, -0.2) is 49.2 Å². The van der Waals surface area contributed by atoms with Crippen LogP contribution in [0.5, 0.6) is 0 Å². The van der Waals surface area contributed by atoms with Crippen molar-refractivity contribution in [3.8, 4) is 0 Å². The van der Waals surface area contributed by atoms with Crippen LogP contribution in [0.25, 0.3) is 0 Å². The van der Waals surface area contributed by atoms with Crippen LogP contribution in [0.15, 0.2) is 36.5 Å². The molecule has 3 rings (SSSR count). The van der Waals surface area contributed by atoms with Gasteiger partial charge in [0.1, 0.15) is 5.69 Å². The summed E-state index contributed by atoms with van der Waals surface area (Å²) in [4.78, 5) is 23.1. The topological polar surface area (TPSA) is 79.4 Å². The Hall–Kier alpha value is -2.67. The van der Waals surface area contributed by atoms with Gasteiger partial charge in [-0.25, -0.2) is 9.97 Å². The lowest BCUT2D eigenvalue weighted by atomic mass is 10.1. The molecule has 2 aromatic rings. The van der Waals surface area contributed by atoms with E-state index in [4.69, 9.17) is 4.74 Å². The highest BCUT2D eigenvalue weighted by Gasteiger charge is 2.11. The van der Waals surface area contributed by atoms with Crippen LogP contribution < -0.4 is 15.5 Å². The smallest absolute Gasteiger partial charge is 0.270 e. The Morgan fingerprint density at radius 3 is 2.67 bits per heavy atom. The molecular formula is C20H27N5O2. The zero-order chi connectivity index (χ0) is 18.9. The molecule has 1 aliphatic heterocycles. The number of methoxy groups -OCH3 is 1. The van der Waals surface area contributed by atoms with Crippen LogP contribution in [0.4, 0.5) is 17.3 Å². The summed E-state index contributed by atoms with van der Waals surface area (Å²) in [6.45, 7) is 3.41. The van der Waals surface area contributed by atoms with Crippen LogP contribution in [0.3, 0.4) is 0 Å². The zero-order valence-corrected chi connectivity index (χ0v) is 15.8. The third-order valence-corrected chi connectivity index (χ3v) is 4.54. The Labute approximate surface area is 160 Å². The molecule has 1 fully saturated rings. The summed E-state index contributed by atoms with van der Waals surface area (Å²) < 4.78 is 4.97. The number of nitrogens with zero attached hydrogens (tertiary/aromatic N) is 3. The molecule has 7 heteroatoms. The first-order valence-electron chi connectivity index (χ1n) is 9.48. The van der Waals surface area contributed by atoms with Crippen molar-refractivity contribution < 1.29 is 9.53 Å². The fourth-order valence-electron chi connectivity index (χ4n) is 3.09. The van der Waals surface area contributed by atoms with Crippen molar-refractivity contribution in [3.63, 3.8) is 0 Å². The van der Waals surface area contributed by atoms with Crippen molar-refractivity contribution in [3.05, 3.63) is 42.2 Å². The SMILES string of the molecule is COCCCNC(=O)c1ccnc(Nc2ccc(N3CCCCC3)cc2)n1. The number of nitrogens with one attached hydrogen (secondary N) is 2. The predicted molar refractivity (Wildman–Crippen MR) is 107 cm³/mol. The maximum absolute atomic E-state index is 12.2. The Morgan fingerprint density at radius 1 is 1.15 bits per heavy atom. The highest BCUT2D eigenvalue weighted by Crippen LogP contribution is 2.22. The van der Waals surface area contributed by atoms with E-state index in [1.54, 1.807) is 19.4 Å². The predicted octanol–water partition coefficient (Wildman–Crippen LogP) is 2.98. The normalized spacial score (nSPS) is 14.0. The van der Waals surface area contributed by atoms with E-state index in [-0.39, 0.29) is 5.91 Å². The minimum absolute atomic E-state index is 0.211. The molecule has 1 aliphatic rings. The van der Waals surface area contributed by atoms with Crippen LogP contribution in [-0.2, 0) is 4.74 Å². The first-order chi connectivity index (χ1) is 13.3. The zero-order valence-electron chi connectivity index (χ0n) is 15.8. The second-order valence-electron chi connectivity index (χ2n) is 6.59. The first kappa shape index (κ1) is 19.1. The van der Waals surface area contributed by atoms with Gasteiger partial charge in [0.25, 0.3) is 5.91 Å². The minimum atomic E-state index is -0.211. The van der Waals surface area contributed by atoms with E-state index >= 15 is 0 Å². The maximum atomic E-state index is 12.2. The average Bonchev–Trinajstić information content (AvgIpc) is 2.72. The van der Waals surface area contributed by atoms with E-state index in [0.29, 0.717) is 24.8 Å². The number of carbonyl (C=O) groups excluding carboxylic acids is 1. The van der Waals surface area contributed by atoms with Crippen LogP contribution in [0, 0.1) is 0 Å². The van der Waals surface area contributed by atoms with Crippen molar-refractivity contribution in [1.82, 2.24) is 15.3 Å². The fraction of sp³-hybridized carbons (Fsp3) is 0.450. The Morgan fingerprint density at radius 2 is 1.93 bits per heavy atom. The molecule has 1 aromatic heterocycles. The molecule has 2 N–H and O–H groups in total. The standard InChI is InChI=1S/C20H27N5O2/c1-27-15-5-11-21-19(26)18-10-12-22-20(24-18)23-16-6-8-17(9-7-16)25-13-3-2-4-14-25/h6-10,12H,2-5,11,13-15H2,1H3,(H,21,26)(H,22,23,24). The molecule has 0 unspecified atom stereocenters. The second kappa shape index (κ2) is 9.87. The number of rotatable bonds is 8. The van der Waals surface area contributed by atoms with Gasteiger partial charge in [0.05, 0.1) is 0 Å². The molecule has 0 bridgehead atoms. The van der Waals surface area contributed by atoms with Gasteiger partial charge in [-0.2, -0.15) is 0 Å². The van der Waals surface area contributed by atoms with E-state index in [9.17, 15) is 4.79 Å². The number of amides is 1. The van der Waals surface area contributed by atoms with Gasteiger partial charge in [-0.1, -0.05) is 0 Å². The number of ether oxygens (including phenoxy) is 1. The van der Waals surface area contributed by atoms with Gasteiger partial charge in [-0.3, -0.25) is 4.79 Å². The molecule has 27 heavy (non-hydrogen) atoms. The summed E-state index contributed by atoms with van der Waals surface area (Å²) in [7, 11) is 1.64.